The molecule has 0 N–H and O–H groups in total. The van der Waals surface area contributed by atoms with Gasteiger partial charge in [0.25, 0.3) is 0 Å². The van der Waals surface area contributed by atoms with E-state index in [1.807, 2.05) is 0 Å². The van der Waals surface area contributed by atoms with Gasteiger partial charge >= 0.3 is 5.97 Å². The van der Waals surface area contributed by atoms with Crippen LogP contribution in [0, 0.1) is 5.41 Å². The van der Waals surface area contributed by atoms with Crippen LogP contribution in [0.1, 0.15) is 40.5 Å². The molecule has 0 aromatic rings. The van der Waals surface area contributed by atoms with Crippen molar-refractivity contribution < 1.29 is 19.0 Å². The monoisotopic (exact) mass is 254 g/mol. The second-order valence-electron chi connectivity index (χ2n) is 5.63. The number of hydrogen-bond acceptors (Lipinski definition) is 4. The number of rotatable bonds is 3. The summed E-state index contributed by atoms with van der Waals surface area (Å²) in [5.74, 6) is -0.213. The summed E-state index contributed by atoms with van der Waals surface area (Å²) in [6.45, 7) is 9.18. The summed E-state index contributed by atoms with van der Waals surface area (Å²) in [6, 6.07) is 0. The molecule has 0 saturated carbocycles. The molecule has 0 bridgehead atoms. The van der Waals surface area contributed by atoms with Crippen molar-refractivity contribution in [3.8, 4) is 0 Å². The first-order valence-electron chi connectivity index (χ1n) is 6.50. The highest BCUT2D eigenvalue weighted by Crippen LogP contribution is 2.45. The Balaban J connectivity index is 2.06. The average molecular weight is 254 g/mol. The number of hydrogen-bond donors (Lipinski definition) is 0. The largest absolute Gasteiger partial charge is 0.461 e. The van der Waals surface area contributed by atoms with E-state index in [4.69, 9.17) is 14.2 Å². The normalized spacial score (nSPS) is 27.9. The van der Waals surface area contributed by atoms with Crippen LogP contribution < -0.4 is 0 Å². The lowest BCUT2D eigenvalue weighted by molar-refractivity contribution is -0.150. The smallest absolute Gasteiger partial charge is 0.302 e. The zero-order chi connectivity index (χ0) is 13.3. The Morgan fingerprint density at radius 3 is 2.56 bits per heavy atom. The van der Waals surface area contributed by atoms with E-state index in [1.165, 1.54) is 18.1 Å². The third-order valence-electron chi connectivity index (χ3n) is 4.15. The van der Waals surface area contributed by atoms with Gasteiger partial charge in [-0.2, -0.15) is 0 Å². The van der Waals surface area contributed by atoms with Crippen LogP contribution in [0.3, 0.4) is 0 Å². The van der Waals surface area contributed by atoms with Gasteiger partial charge in [0, 0.05) is 25.2 Å². The molecule has 102 valence electrons. The van der Waals surface area contributed by atoms with Crippen molar-refractivity contribution in [1.82, 2.24) is 0 Å². The Labute approximate surface area is 108 Å². The molecule has 2 rings (SSSR count). The lowest BCUT2D eigenvalue weighted by Gasteiger charge is -2.28. The molecule has 1 saturated heterocycles. The van der Waals surface area contributed by atoms with Crippen LogP contribution in [0.5, 0.6) is 0 Å². The molecule has 2 aliphatic rings. The van der Waals surface area contributed by atoms with Crippen molar-refractivity contribution in [2.75, 3.05) is 13.2 Å². The number of carbonyl (C=O) groups is 1. The first-order chi connectivity index (χ1) is 8.41. The molecular weight excluding hydrogens is 232 g/mol. The lowest BCUT2D eigenvalue weighted by Crippen LogP contribution is -2.30. The van der Waals surface area contributed by atoms with Crippen LogP contribution in [-0.4, -0.2) is 31.6 Å². The minimum atomic E-state index is -0.213. The predicted octanol–water partition coefficient (Wildman–Crippen LogP) is 2.43. The van der Waals surface area contributed by atoms with Gasteiger partial charge in [-0.15, -0.1) is 0 Å². The zero-order valence-electron chi connectivity index (χ0n) is 11.6. The van der Waals surface area contributed by atoms with Gasteiger partial charge in [-0.1, -0.05) is 25.0 Å². The van der Waals surface area contributed by atoms with Crippen LogP contribution in [0.25, 0.3) is 0 Å². The first kappa shape index (κ1) is 13.6. The Morgan fingerprint density at radius 2 is 2.00 bits per heavy atom. The van der Waals surface area contributed by atoms with E-state index in [1.54, 1.807) is 0 Å². The van der Waals surface area contributed by atoms with E-state index in [0.717, 1.165) is 12.8 Å². The van der Waals surface area contributed by atoms with E-state index >= 15 is 0 Å². The highest BCUT2D eigenvalue weighted by molar-refractivity contribution is 5.66. The van der Waals surface area contributed by atoms with Crippen molar-refractivity contribution >= 4 is 5.97 Å². The lowest BCUT2D eigenvalue weighted by atomic mass is 9.84. The van der Waals surface area contributed by atoms with Crippen LogP contribution in [-0.2, 0) is 19.0 Å². The molecule has 1 aliphatic carbocycles. The molecule has 1 atom stereocenters. The van der Waals surface area contributed by atoms with Crippen molar-refractivity contribution in [3.05, 3.63) is 11.1 Å². The maximum atomic E-state index is 11.2. The number of esters is 1. The second kappa shape index (κ2) is 5.02. The van der Waals surface area contributed by atoms with Gasteiger partial charge < -0.3 is 14.2 Å². The highest BCUT2D eigenvalue weighted by Gasteiger charge is 2.42. The molecule has 4 nitrogen and oxygen atoms in total. The summed E-state index contributed by atoms with van der Waals surface area (Å²) >= 11 is 0. The molecule has 0 spiro atoms. The summed E-state index contributed by atoms with van der Waals surface area (Å²) in [5.41, 5.74) is 2.51. The molecule has 0 aromatic heterocycles. The summed E-state index contributed by atoms with van der Waals surface area (Å²) in [7, 11) is 0. The summed E-state index contributed by atoms with van der Waals surface area (Å²) < 4.78 is 16.4. The standard InChI is InChI=1S/C14H22O4/c1-9-11(8-13-16-5-6-17-13)7-12(14(9,3)4)18-10(2)15/h12-13H,5-8H2,1-4H3. The molecule has 18 heavy (non-hydrogen) atoms. The van der Waals surface area contributed by atoms with Gasteiger partial charge in [0.15, 0.2) is 6.29 Å². The predicted molar refractivity (Wildman–Crippen MR) is 67.0 cm³/mol. The Bertz CT molecular complexity index is 364. The fraction of sp³-hybridized carbons (Fsp3) is 0.786. The van der Waals surface area contributed by atoms with Crippen molar-refractivity contribution in [2.24, 2.45) is 5.41 Å². The first-order valence-corrected chi connectivity index (χ1v) is 6.50. The van der Waals surface area contributed by atoms with Crippen molar-refractivity contribution in [1.29, 1.82) is 0 Å². The van der Waals surface area contributed by atoms with E-state index in [0.29, 0.717) is 13.2 Å². The number of ether oxygens (including phenoxy) is 3. The topological polar surface area (TPSA) is 44.8 Å². The third kappa shape index (κ3) is 2.59. The molecule has 1 unspecified atom stereocenters. The quantitative estimate of drug-likeness (QED) is 0.573. The third-order valence-corrected chi connectivity index (χ3v) is 4.15. The fourth-order valence-electron chi connectivity index (χ4n) is 2.68. The van der Waals surface area contributed by atoms with E-state index in [2.05, 4.69) is 20.8 Å². The molecule has 0 radical (unpaired) electrons. The van der Waals surface area contributed by atoms with E-state index in [-0.39, 0.29) is 23.8 Å². The van der Waals surface area contributed by atoms with E-state index in [9.17, 15) is 4.79 Å². The van der Waals surface area contributed by atoms with E-state index < -0.39 is 0 Å². The van der Waals surface area contributed by atoms with Gasteiger partial charge in [0.05, 0.1) is 13.2 Å². The molecule has 0 aromatic carbocycles. The zero-order valence-corrected chi connectivity index (χ0v) is 11.6. The average Bonchev–Trinajstić information content (AvgIpc) is 2.83. The van der Waals surface area contributed by atoms with Crippen molar-refractivity contribution in [3.63, 3.8) is 0 Å². The summed E-state index contributed by atoms with van der Waals surface area (Å²) in [4.78, 5) is 11.2. The SMILES string of the molecule is CC(=O)OC1CC(CC2OCCO2)=C(C)C1(C)C. The number of carbonyl (C=O) groups excluding carboxylic acids is 1. The minimum absolute atomic E-state index is 0.0635. The molecule has 0 amide bonds. The van der Waals surface area contributed by atoms with Gasteiger partial charge in [0.2, 0.25) is 0 Å². The highest BCUT2D eigenvalue weighted by atomic mass is 16.7. The van der Waals surface area contributed by atoms with Crippen LogP contribution >= 0.6 is 0 Å². The van der Waals surface area contributed by atoms with Crippen LogP contribution in [0.4, 0.5) is 0 Å². The molecule has 1 fully saturated rings. The molecule has 1 aliphatic heterocycles. The molecule has 4 heteroatoms. The molecular formula is C14H22O4. The van der Waals surface area contributed by atoms with Crippen LogP contribution in [0.15, 0.2) is 11.1 Å². The van der Waals surface area contributed by atoms with Crippen molar-refractivity contribution in [2.45, 2.75) is 52.9 Å². The Kier molecular flexibility index (Phi) is 3.78. The maximum Gasteiger partial charge on any atom is 0.302 e. The van der Waals surface area contributed by atoms with Gasteiger partial charge in [-0.3, -0.25) is 4.79 Å². The Hall–Kier alpha value is -0.870. The summed E-state index contributed by atoms with van der Waals surface area (Å²) in [6.07, 6.45) is 1.39. The van der Waals surface area contributed by atoms with Gasteiger partial charge in [-0.05, 0) is 6.92 Å². The fourth-order valence-corrected chi connectivity index (χ4v) is 2.68. The minimum Gasteiger partial charge on any atom is -0.461 e. The maximum absolute atomic E-state index is 11.2. The second-order valence-corrected chi connectivity index (χ2v) is 5.63. The summed E-state index contributed by atoms with van der Waals surface area (Å²) in [5, 5.41) is 0. The van der Waals surface area contributed by atoms with Crippen LogP contribution in [0.2, 0.25) is 0 Å². The molecule has 1 heterocycles. The van der Waals surface area contributed by atoms with Gasteiger partial charge in [0.1, 0.15) is 6.10 Å². The Morgan fingerprint density at radius 1 is 1.39 bits per heavy atom. The van der Waals surface area contributed by atoms with Gasteiger partial charge in [-0.25, -0.2) is 0 Å².